The monoisotopic (exact) mass is 283 g/mol. The summed E-state index contributed by atoms with van der Waals surface area (Å²) in [5.41, 5.74) is 0. The summed E-state index contributed by atoms with van der Waals surface area (Å²) in [5, 5.41) is 0. The number of carbonyl (C=O) groups excluding carboxylic acids is 1. The highest BCUT2D eigenvalue weighted by atomic mass is 35.6. The fourth-order valence-electron chi connectivity index (χ4n) is 1.37. The van der Waals surface area contributed by atoms with Crippen molar-refractivity contribution < 1.29 is 4.79 Å². The zero-order valence-corrected chi connectivity index (χ0v) is 11.5. The van der Waals surface area contributed by atoms with Crippen molar-refractivity contribution >= 4 is 40.7 Å². The van der Waals surface area contributed by atoms with E-state index in [9.17, 15) is 4.79 Å². The fourth-order valence-corrected chi connectivity index (χ4v) is 1.69. The fraction of sp³-hybridized carbons (Fsp3) is 0.545. The highest BCUT2D eigenvalue weighted by molar-refractivity contribution is 6.76. The number of hydrogen-bond donors (Lipinski definition) is 0. The standard InChI is InChI=1S/C11H16Cl3NO/c1-4-7-9(6-3)15(8-5-2)10(16)11(12,13)14/h5-6,9H,2-4,7-8H2,1H3. The van der Waals surface area contributed by atoms with Crippen molar-refractivity contribution in [1.29, 1.82) is 0 Å². The molecule has 0 saturated heterocycles. The third kappa shape index (κ3) is 4.77. The molecule has 0 N–H and O–H groups in total. The van der Waals surface area contributed by atoms with E-state index in [2.05, 4.69) is 13.2 Å². The van der Waals surface area contributed by atoms with Crippen molar-refractivity contribution in [2.75, 3.05) is 6.54 Å². The zero-order chi connectivity index (χ0) is 12.8. The normalized spacial score (nSPS) is 13.0. The van der Waals surface area contributed by atoms with Crippen LogP contribution in [0.3, 0.4) is 0 Å². The summed E-state index contributed by atoms with van der Waals surface area (Å²) < 4.78 is -1.93. The molecule has 2 nitrogen and oxygen atoms in total. The van der Waals surface area contributed by atoms with Crippen LogP contribution in [-0.4, -0.2) is 27.2 Å². The minimum atomic E-state index is -1.93. The SMILES string of the molecule is C=CCN(C(=O)C(Cl)(Cl)Cl)C(C=C)CCC. The summed E-state index contributed by atoms with van der Waals surface area (Å²) in [5.74, 6) is -0.546. The van der Waals surface area contributed by atoms with Crippen LogP contribution >= 0.6 is 34.8 Å². The number of halogens is 3. The topological polar surface area (TPSA) is 20.3 Å². The van der Waals surface area contributed by atoms with Crippen molar-refractivity contribution in [2.24, 2.45) is 0 Å². The Morgan fingerprint density at radius 3 is 2.31 bits per heavy atom. The van der Waals surface area contributed by atoms with Crippen molar-refractivity contribution in [3.05, 3.63) is 25.3 Å². The average molecular weight is 285 g/mol. The van der Waals surface area contributed by atoms with Crippen molar-refractivity contribution in [3.63, 3.8) is 0 Å². The Labute approximate surface area is 112 Å². The van der Waals surface area contributed by atoms with Crippen LogP contribution in [0, 0.1) is 0 Å². The second kappa shape index (κ2) is 7.21. The first-order valence-electron chi connectivity index (χ1n) is 4.99. The number of nitrogens with zero attached hydrogens (tertiary/aromatic N) is 1. The molecule has 92 valence electrons. The molecule has 0 spiro atoms. The van der Waals surface area contributed by atoms with Crippen LogP contribution in [0.2, 0.25) is 0 Å². The molecule has 1 unspecified atom stereocenters. The van der Waals surface area contributed by atoms with Gasteiger partial charge in [0.15, 0.2) is 0 Å². The van der Waals surface area contributed by atoms with E-state index in [0.29, 0.717) is 6.54 Å². The second-order valence-electron chi connectivity index (χ2n) is 3.34. The maximum Gasteiger partial charge on any atom is 0.275 e. The van der Waals surface area contributed by atoms with E-state index in [4.69, 9.17) is 34.8 Å². The van der Waals surface area contributed by atoms with E-state index in [-0.39, 0.29) is 6.04 Å². The first-order valence-corrected chi connectivity index (χ1v) is 6.13. The molecule has 1 amide bonds. The predicted octanol–water partition coefficient (Wildman–Crippen LogP) is 3.73. The molecular formula is C11H16Cl3NO. The largest absolute Gasteiger partial charge is 0.329 e. The Morgan fingerprint density at radius 1 is 1.44 bits per heavy atom. The Morgan fingerprint density at radius 2 is 2.00 bits per heavy atom. The lowest BCUT2D eigenvalue weighted by molar-refractivity contribution is -0.131. The molecule has 0 aliphatic heterocycles. The number of amides is 1. The molecule has 0 radical (unpaired) electrons. The number of rotatable bonds is 6. The lowest BCUT2D eigenvalue weighted by Crippen LogP contribution is -2.45. The summed E-state index contributed by atoms with van der Waals surface area (Å²) in [6, 6.07) is -0.133. The Kier molecular flexibility index (Phi) is 7.12. The van der Waals surface area contributed by atoms with E-state index in [1.807, 2.05) is 6.92 Å². The summed E-state index contributed by atoms with van der Waals surface area (Å²) in [6.45, 7) is 9.63. The van der Waals surface area contributed by atoms with Crippen LogP contribution < -0.4 is 0 Å². The number of hydrogen-bond acceptors (Lipinski definition) is 1. The Bertz CT molecular complexity index is 260. The van der Waals surface area contributed by atoms with Crippen LogP contribution in [0.4, 0.5) is 0 Å². The van der Waals surface area contributed by atoms with Crippen molar-refractivity contribution in [2.45, 2.75) is 29.6 Å². The lowest BCUT2D eigenvalue weighted by Gasteiger charge is -2.31. The van der Waals surface area contributed by atoms with Crippen molar-refractivity contribution in [1.82, 2.24) is 4.90 Å². The van der Waals surface area contributed by atoms with Gasteiger partial charge in [-0.2, -0.15) is 0 Å². The third-order valence-corrected chi connectivity index (χ3v) is 2.57. The van der Waals surface area contributed by atoms with Crippen molar-refractivity contribution in [3.8, 4) is 0 Å². The molecular weight excluding hydrogens is 268 g/mol. The molecule has 0 aromatic heterocycles. The smallest absolute Gasteiger partial charge is 0.275 e. The van der Waals surface area contributed by atoms with Gasteiger partial charge in [0.2, 0.25) is 0 Å². The van der Waals surface area contributed by atoms with Crippen LogP contribution in [0.15, 0.2) is 25.3 Å². The average Bonchev–Trinajstić information content (AvgIpc) is 2.21. The quantitative estimate of drug-likeness (QED) is 0.538. The summed E-state index contributed by atoms with van der Waals surface area (Å²) in [6.07, 6.45) is 4.98. The maximum absolute atomic E-state index is 11.9. The highest BCUT2D eigenvalue weighted by Gasteiger charge is 2.36. The molecule has 0 heterocycles. The zero-order valence-electron chi connectivity index (χ0n) is 9.26. The van der Waals surface area contributed by atoms with Gasteiger partial charge in [-0.15, -0.1) is 13.2 Å². The number of carbonyl (C=O) groups is 1. The van der Waals surface area contributed by atoms with E-state index < -0.39 is 9.70 Å². The van der Waals surface area contributed by atoms with Crippen LogP contribution in [0.25, 0.3) is 0 Å². The molecule has 0 aromatic rings. The van der Waals surface area contributed by atoms with E-state index in [1.54, 1.807) is 12.2 Å². The molecule has 0 fully saturated rings. The Hall–Kier alpha value is -0.180. The van der Waals surface area contributed by atoms with Gasteiger partial charge < -0.3 is 4.90 Å². The van der Waals surface area contributed by atoms with Crippen LogP contribution in [-0.2, 0) is 4.79 Å². The van der Waals surface area contributed by atoms with Gasteiger partial charge in [0, 0.05) is 6.54 Å². The van der Waals surface area contributed by atoms with E-state index in [0.717, 1.165) is 12.8 Å². The van der Waals surface area contributed by atoms with Gasteiger partial charge in [0.05, 0.1) is 6.04 Å². The van der Waals surface area contributed by atoms with Gasteiger partial charge in [0.1, 0.15) is 0 Å². The summed E-state index contributed by atoms with van der Waals surface area (Å²) >= 11 is 16.8. The summed E-state index contributed by atoms with van der Waals surface area (Å²) in [4.78, 5) is 13.3. The molecule has 0 aromatic carbocycles. The molecule has 16 heavy (non-hydrogen) atoms. The van der Waals surface area contributed by atoms with Gasteiger partial charge in [-0.05, 0) is 6.42 Å². The van der Waals surface area contributed by atoms with Gasteiger partial charge in [-0.25, -0.2) is 0 Å². The molecule has 0 aliphatic carbocycles. The van der Waals surface area contributed by atoms with Gasteiger partial charge >= 0.3 is 0 Å². The Balaban J connectivity index is 4.89. The van der Waals surface area contributed by atoms with Gasteiger partial charge in [-0.3, -0.25) is 4.79 Å². The first kappa shape index (κ1) is 15.8. The minimum absolute atomic E-state index is 0.133. The second-order valence-corrected chi connectivity index (χ2v) is 5.62. The maximum atomic E-state index is 11.9. The molecule has 0 aliphatic rings. The summed E-state index contributed by atoms with van der Waals surface area (Å²) in [7, 11) is 0. The molecule has 1 atom stereocenters. The highest BCUT2D eigenvalue weighted by Crippen LogP contribution is 2.30. The van der Waals surface area contributed by atoms with Gasteiger partial charge in [0.25, 0.3) is 9.70 Å². The molecule has 5 heteroatoms. The lowest BCUT2D eigenvalue weighted by atomic mass is 10.1. The van der Waals surface area contributed by atoms with E-state index in [1.165, 1.54) is 4.90 Å². The molecule has 0 bridgehead atoms. The first-order chi connectivity index (χ1) is 7.38. The molecule has 0 rings (SSSR count). The molecule has 0 saturated carbocycles. The number of alkyl halides is 3. The van der Waals surface area contributed by atoms with Gasteiger partial charge in [-0.1, -0.05) is 60.3 Å². The minimum Gasteiger partial charge on any atom is -0.329 e. The van der Waals surface area contributed by atoms with E-state index >= 15 is 0 Å². The predicted molar refractivity (Wildman–Crippen MR) is 71.1 cm³/mol. The van der Waals surface area contributed by atoms with Crippen LogP contribution in [0.5, 0.6) is 0 Å². The third-order valence-electron chi connectivity index (χ3n) is 2.09. The van der Waals surface area contributed by atoms with Crippen LogP contribution in [0.1, 0.15) is 19.8 Å².